The average Bonchev–Trinajstić information content (AvgIpc) is 3.38. The van der Waals surface area contributed by atoms with E-state index in [0.717, 1.165) is 53.7 Å². The molecule has 32 heavy (non-hydrogen) atoms. The summed E-state index contributed by atoms with van der Waals surface area (Å²) >= 11 is 0. The van der Waals surface area contributed by atoms with E-state index in [4.69, 9.17) is 14.2 Å². The fourth-order valence-corrected chi connectivity index (χ4v) is 5.08. The number of benzene rings is 1. The molecule has 1 aliphatic carbocycles. The normalized spacial score (nSPS) is 20.1. The van der Waals surface area contributed by atoms with Gasteiger partial charge >= 0.3 is 29.6 Å². The summed E-state index contributed by atoms with van der Waals surface area (Å²) in [6, 6.07) is 9.39. The Balaban J connectivity index is 0.00000245. The summed E-state index contributed by atoms with van der Waals surface area (Å²) in [4.78, 5) is 13.2. The van der Waals surface area contributed by atoms with Gasteiger partial charge in [0.05, 0.1) is 41.6 Å². The number of pyridine rings is 1. The summed E-state index contributed by atoms with van der Waals surface area (Å²) < 4.78 is 30.7. The van der Waals surface area contributed by atoms with Crippen molar-refractivity contribution < 1.29 is 48.0 Å². The monoisotopic (exact) mass is 463 g/mol. The number of para-hydroxylation sites is 2. The maximum absolute atomic E-state index is 12.8. The van der Waals surface area contributed by atoms with Crippen LogP contribution in [0.15, 0.2) is 41.7 Å². The minimum atomic E-state index is -1.37. The van der Waals surface area contributed by atoms with E-state index in [9.17, 15) is 4.21 Å². The van der Waals surface area contributed by atoms with Crippen LogP contribution in [0.2, 0.25) is 0 Å². The van der Waals surface area contributed by atoms with Crippen LogP contribution in [0.4, 0.5) is 0 Å². The van der Waals surface area contributed by atoms with Crippen molar-refractivity contribution in [1.29, 1.82) is 0 Å². The third-order valence-corrected chi connectivity index (χ3v) is 7.13. The van der Waals surface area contributed by atoms with Crippen LogP contribution in [0.1, 0.15) is 43.4 Å². The van der Waals surface area contributed by atoms with Crippen molar-refractivity contribution in [3.63, 3.8) is 0 Å². The molecule has 7 nitrogen and oxygen atoms in total. The largest absolute Gasteiger partial charge is 1.00 e. The van der Waals surface area contributed by atoms with Crippen molar-refractivity contribution in [1.82, 2.24) is 15.0 Å². The fraction of sp³-hybridized carbons (Fsp3) is 0.478. The number of rotatable bonds is 8. The zero-order valence-corrected chi connectivity index (χ0v) is 21.4. The summed E-state index contributed by atoms with van der Waals surface area (Å²) in [6.45, 7) is 3.23. The molecule has 2 unspecified atom stereocenters. The molecule has 5 rings (SSSR count). The van der Waals surface area contributed by atoms with Gasteiger partial charge in [0.2, 0.25) is 0 Å². The van der Waals surface area contributed by atoms with Gasteiger partial charge in [0.15, 0.2) is 5.79 Å². The van der Waals surface area contributed by atoms with Gasteiger partial charge in [-0.15, -0.1) is 0 Å². The van der Waals surface area contributed by atoms with Gasteiger partial charge in [-0.3, -0.25) is 9.19 Å². The molecule has 0 bridgehead atoms. The second-order valence-corrected chi connectivity index (χ2v) is 9.52. The van der Waals surface area contributed by atoms with Crippen LogP contribution in [0, 0.1) is 6.92 Å². The Labute approximate surface area is 212 Å². The number of hydrogen-bond acceptors (Lipinski definition) is 6. The molecule has 9 heteroatoms. The molecule has 2 atom stereocenters. The molecule has 164 valence electrons. The molecule has 3 heterocycles. The number of fused-ring (bicyclic) bond motifs is 1. The molecule has 0 N–H and O–H groups in total. The zero-order chi connectivity index (χ0) is 21.3. The second kappa shape index (κ2) is 10.3. The molecular formula is C23H26N3NaO4S. The first kappa shape index (κ1) is 23.9. The summed E-state index contributed by atoms with van der Waals surface area (Å²) in [7, 11) is -1.37. The van der Waals surface area contributed by atoms with Gasteiger partial charge in [0.1, 0.15) is 5.75 Å². The molecule has 2 fully saturated rings. The molecule has 0 amide bonds. The quantitative estimate of drug-likeness (QED) is 0.359. The van der Waals surface area contributed by atoms with E-state index in [2.05, 4.69) is 15.0 Å². The average molecular weight is 464 g/mol. The first-order chi connectivity index (χ1) is 15.1. The van der Waals surface area contributed by atoms with E-state index in [1.54, 1.807) is 6.20 Å². The van der Waals surface area contributed by atoms with Crippen LogP contribution < -0.4 is 39.3 Å². The Morgan fingerprint density at radius 3 is 2.88 bits per heavy atom. The molecule has 1 aliphatic heterocycles. The number of imidazole rings is 1. The second-order valence-electron chi connectivity index (χ2n) is 8.17. The number of ether oxygens (including phenoxy) is 3. The van der Waals surface area contributed by atoms with Gasteiger partial charge in [0, 0.05) is 29.8 Å². The fourth-order valence-electron chi connectivity index (χ4n) is 4.02. The molecule has 1 aromatic carbocycles. The minimum absolute atomic E-state index is 0. The topological polar surface area (TPSA) is 84.6 Å². The number of hydrogen-bond donors (Lipinski definition) is 0. The van der Waals surface area contributed by atoms with Crippen molar-refractivity contribution in [3.05, 3.63) is 47.8 Å². The Kier molecular flexibility index (Phi) is 7.69. The van der Waals surface area contributed by atoms with Crippen LogP contribution >= 0.6 is 0 Å². The minimum Gasteiger partial charge on any atom is -0.493 e. The molecule has 1 spiro atoms. The van der Waals surface area contributed by atoms with E-state index in [1.165, 1.54) is 6.42 Å². The Morgan fingerprint density at radius 2 is 2.12 bits per heavy atom. The van der Waals surface area contributed by atoms with E-state index in [0.29, 0.717) is 18.4 Å². The van der Waals surface area contributed by atoms with Crippen molar-refractivity contribution >= 4 is 21.8 Å². The molecule has 2 aromatic heterocycles. The molecule has 1 saturated carbocycles. The molecular weight excluding hydrogens is 437 g/mol. The summed E-state index contributed by atoms with van der Waals surface area (Å²) in [6.07, 6.45) is 6.91. The van der Waals surface area contributed by atoms with Crippen LogP contribution in [-0.2, 0) is 26.0 Å². The smallest absolute Gasteiger partial charge is 0.493 e. The molecule has 3 aromatic rings. The predicted molar refractivity (Wildman–Crippen MR) is 116 cm³/mol. The molecule has 0 radical (unpaired) electrons. The Bertz CT molecular complexity index is 1070. The van der Waals surface area contributed by atoms with E-state index < -0.39 is 10.8 Å². The van der Waals surface area contributed by atoms with E-state index >= 15 is 0 Å². The van der Waals surface area contributed by atoms with Gasteiger partial charge in [-0.1, -0.05) is 24.3 Å². The summed E-state index contributed by atoms with van der Waals surface area (Å²) in [5, 5.41) is 0.344. The third-order valence-electron chi connectivity index (χ3n) is 6.00. The van der Waals surface area contributed by atoms with Crippen molar-refractivity contribution in [3.8, 4) is 5.75 Å². The van der Waals surface area contributed by atoms with E-state index in [1.807, 2.05) is 37.3 Å². The predicted octanol–water partition coefficient (Wildman–Crippen LogP) is 0.662. The van der Waals surface area contributed by atoms with Crippen LogP contribution in [0.25, 0.3) is 11.0 Å². The van der Waals surface area contributed by atoms with Crippen LogP contribution in [-0.4, -0.2) is 39.3 Å². The van der Waals surface area contributed by atoms with Crippen LogP contribution in [0.3, 0.4) is 0 Å². The Morgan fingerprint density at radius 1 is 1.28 bits per heavy atom. The summed E-state index contributed by atoms with van der Waals surface area (Å²) in [5.74, 6) is 0.763. The van der Waals surface area contributed by atoms with Gasteiger partial charge in [0.25, 0.3) is 0 Å². The molecule has 1 saturated heterocycles. The third kappa shape index (κ3) is 5.11. The maximum Gasteiger partial charge on any atom is 1.00 e. The first-order valence-corrected chi connectivity index (χ1v) is 12.1. The number of nitrogens with zero attached hydrogens (tertiary/aromatic N) is 3. The Hall–Kier alpha value is -1.29. The van der Waals surface area contributed by atoms with Gasteiger partial charge in [-0.25, -0.2) is 0 Å². The maximum atomic E-state index is 12.8. The van der Waals surface area contributed by atoms with Gasteiger partial charge in [-0.05, 0) is 43.3 Å². The number of aromatic nitrogens is 3. The zero-order valence-electron chi connectivity index (χ0n) is 18.6. The molecule has 2 aliphatic rings. The van der Waals surface area contributed by atoms with Gasteiger partial charge in [-0.2, -0.15) is 0 Å². The van der Waals surface area contributed by atoms with Crippen molar-refractivity contribution in [2.45, 2.75) is 61.8 Å². The van der Waals surface area contributed by atoms with Crippen LogP contribution in [0.5, 0.6) is 5.75 Å². The SMILES string of the molecule is Cc1c(OCCCC2COC3(CCC3)O2)ccnc1CS(=O)c1nc2ccccc2[n-]1.[Na+]. The van der Waals surface area contributed by atoms with Crippen molar-refractivity contribution in [2.24, 2.45) is 0 Å². The van der Waals surface area contributed by atoms with Crippen molar-refractivity contribution in [2.75, 3.05) is 13.2 Å². The van der Waals surface area contributed by atoms with E-state index in [-0.39, 0.29) is 47.2 Å². The first-order valence-electron chi connectivity index (χ1n) is 10.8. The van der Waals surface area contributed by atoms with Gasteiger partial charge < -0.3 is 24.2 Å². The summed E-state index contributed by atoms with van der Waals surface area (Å²) in [5.41, 5.74) is 3.16. The standard InChI is InChI=1S/C23H26N3O4S.Na/c1-16-20(15-31(27)22-25-18-7-2-3-8-19(18)26-22)24-12-9-21(16)28-13-4-6-17-14-29-23(30-17)10-5-11-23;/h2-3,7-9,12,17H,4-6,10-11,13-15H2,1H3;/q-1;+1.